The first-order chi connectivity index (χ1) is 26.6. The molecule has 0 radical (unpaired) electrons. The number of hydrazine groups is 1. The summed E-state index contributed by atoms with van der Waals surface area (Å²) >= 11 is 12.8. The summed E-state index contributed by atoms with van der Waals surface area (Å²) in [7, 11) is 1.55. The molecule has 8 rings (SSSR count). The minimum absolute atomic E-state index is 0.0158. The maximum Gasteiger partial charge on any atom is 0.260 e. The molecule has 0 spiro atoms. The minimum atomic E-state index is -1.56. The van der Waals surface area contributed by atoms with Gasteiger partial charge in [0.15, 0.2) is 0 Å². The minimum Gasteiger partial charge on any atom is -0.497 e. The lowest BCUT2D eigenvalue weighted by Gasteiger charge is -2.50. The maximum absolute atomic E-state index is 15.5. The molecule has 55 heavy (non-hydrogen) atoms. The van der Waals surface area contributed by atoms with Gasteiger partial charge < -0.3 is 14.6 Å². The largest absolute Gasteiger partial charge is 0.497 e. The number of para-hydroxylation sites is 1. The molecule has 0 aromatic heterocycles. The van der Waals surface area contributed by atoms with Crippen molar-refractivity contribution in [1.29, 1.82) is 0 Å². The predicted molar refractivity (Wildman–Crippen MR) is 209 cm³/mol. The van der Waals surface area contributed by atoms with Crippen LogP contribution in [-0.4, -0.2) is 54.1 Å². The van der Waals surface area contributed by atoms with Gasteiger partial charge in [-0.15, -0.1) is 0 Å². The summed E-state index contributed by atoms with van der Waals surface area (Å²) in [6.07, 6.45) is 4.03. The number of carbonyl (C=O) groups is 4. The first kappa shape index (κ1) is 36.6. The lowest BCUT2D eigenvalue weighted by Crippen LogP contribution is -2.53. The number of hydrogen-bond donors (Lipinski definition) is 2. The normalized spacial score (nSPS) is 25.6. The van der Waals surface area contributed by atoms with Crippen molar-refractivity contribution in [2.24, 2.45) is 23.7 Å². The van der Waals surface area contributed by atoms with Crippen molar-refractivity contribution >= 4 is 64.3 Å². The number of nitrogens with one attached hydrogen (secondary N) is 1. The average Bonchev–Trinajstić information content (AvgIpc) is 3.58. The molecule has 280 valence electrons. The molecule has 2 N–H and O–H groups in total. The van der Waals surface area contributed by atoms with Gasteiger partial charge in [-0.1, -0.05) is 90.0 Å². The van der Waals surface area contributed by atoms with Gasteiger partial charge in [-0.3, -0.25) is 29.5 Å². The Bertz CT molecular complexity index is 2260. The Hall–Kier alpha value is -5.42. The van der Waals surface area contributed by atoms with Crippen molar-refractivity contribution < 1.29 is 33.8 Å². The standard InChI is InChI=1S/C43H37Cl2N3O7/c1-3-24-8-13-27(14-9-24)47-39(50)31-18-17-29-32(37(31)41(47)52)23-33-40(51)48(46-35-19-12-26(44)22-34(35)45)42(53)43(33,25-10-15-28(54-2)16-11-25)38(29)30-6-4-5-7-36(30)55-21-20-49/h3-17,19,22,31-33,37-38,46,49H,1,18,20-21,23H2,2H3. The zero-order chi connectivity index (χ0) is 38.6. The number of anilines is 2. The number of ether oxygens (including phenoxy) is 2. The van der Waals surface area contributed by atoms with E-state index in [4.69, 9.17) is 32.7 Å². The number of carbonyl (C=O) groups excluding carboxylic acids is 4. The lowest BCUT2D eigenvalue weighted by molar-refractivity contribution is -0.138. The molecule has 3 fully saturated rings. The van der Waals surface area contributed by atoms with E-state index in [0.29, 0.717) is 39.0 Å². The van der Waals surface area contributed by atoms with Gasteiger partial charge in [-0.25, -0.2) is 0 Å². The van der Waals surface area contributed by atoms with Crippen LogP contribution in [0.4, 0.5) is 11.4 Å². The van der Waals surface area contributed by atoms with E-state index in [-0.39, 0.29) is 42.9 Å². The van der Waals surface area contributed by atoms with E-state index < -0.39 is 46.8 Å². The number of benzene rings is 4. The zero-order valence-corrected chi connectivity index (χ0v) is 31.3. The number of hydrogen-bond acceptors (Lipinski definition) is 8. The van der Waals surface area contributed by atoms with Crippen LogP contribution in [0.3, 0.4) is 0 Å². The van der Waals surface area contributed by atoms with Crippen LogP contribution in [-0.2, 0) is 24.6 Å². The van der Waals surface area contributed by atoms with Crippen LogP contribution >= 0.6 is 23.2 Å². The van der Waals surface area contributed by atoms with E-state index in [0.717, 1.165) is 16.1 Å². The second-order valence-corrected chi connectivity index (χ2v) is 15.0. The predicted octanol–water partition coefficient (Wildman–Crippen LogP) is 7.21. The van der Waals surface area contributed by atoms with Crippen molar-refractivity contribution in [3.8, 4) is 11.5 Å². The highest BCUT2D eigenvalue weighted by Crippen LogP contribution is 2.65. The summed E-state index contributed by atoms with van der Waals surface area (Å²) in [5.74, 6) is -4.60. The number of allylic oxidation sites excluding steroid dienone is 2. The second-order valence-electron chi connectivity index (χ2n) is 14.1. The van der Waals surface area contributed by atoms with E-state index >= 15 is 9.59 Å². The van der Waals surface area contributed by atoms with Crippen molar-refractivity contribution in [3.63, 3.8) is 0 Å². The Morgan fingerprint density at radius 3 is 2.36 bits per heavy atom. The molecule has 10 nitrogen and oxygen atoms in total. The highest BCUT2D eigenvalue weighted by Gasteiger charge is 2.70. The van der Waals surface area contributed by atoms with Crippen LogP contribution in [0.15, 0.2) is 109 Å². The fourth-order valence-electron chi connectivity index (χ4n) is 9.21. The zero-order valence-electron chi connectivity index (χ0n) is 29.8. The molecular weight excluding hydrogens is 741 g/mol. The summed E-state index contributed by atoms with van der Waals surface area (Å²) in [6, 6.07) is 26.1. The van der Waals surface area contributed by atoms with E-state index in [1.54, 1.807) is 86.0 Å². The molecule has 12 heteroatoms. The molecule has 6 atom stereocenters. The van der Waals surface area contributed by atoms with E-state index in [1.165, 1.54) is 11.0 Å². The topological polar surface area (TPSA) is 125 Å². The lowest BCUT2D eigenvalue weighted by atomic mass is 9.49. The number of imide groups is 2. The van der Waals surface area contributed by atoms with Crippen LogP contribution in [0.2, 0.25) is 10.0 Å². The van der Waals surface area contributed by atoms with Crippen LogP contribution in [0.5, 0.6) is 11.5 Å². The van der Waals surface area contributed by atoms with Gasteiger partial charge in [0, 0.05) is 16.5 Å². The van der Waals surface area contributed by atoms with Gasteiger partial charge in [0.25, 0.3) is 11.8 Å². The first-order valence-electron chi connectivity index (χ1n) is 18.0. The fraction of sp³-hybridized carbons (Fsp3) is 0.256. The van der Waals surface area contributed by atoms with Crippen LogP contribution in [0.25, 0.3) is 6.08 Å². The van der Waals surface area contributed by atoms with E-state index in [2.05, 4.69) is 12.0 Å². The molecule has 1 saturated carbocycles. The highest BCUT2D eigenvalue weighted by atomic mass is 35.5. The third kappa shape index (κ3) is 5.73. The summed E-state index contributed by atoms with van der Waals surface area (Å²) in [4.78, 5) is 60.6. The molecule has 2 saturated heterocycles. The van der Waals surface area contributed by atoms with Gasteiger partial charge in [-0.05, 0) is 78.4 Å². The van der Waals surface area contributed by atoms with Crippen molar-refractivity contribution in [2.75, 3.05) is 30.6 Å². The molecular formula is C43H37Cl2N3O7. The van der Waals surface area contributed by atoms with Crippen molar-refractivity contribution in [2.45, 2.75) is 24.2 Å². The number of fused-ring (bicyclic) bond motifs is 4. The average molecular weight is 779 g/mol. The maximum atomic E-state index is 15.5. The highest BCUT2D eigenvalue weighted by molar-refractivity contribution is 6.36. The summed E-state index contributed by atoms with van der Waals surface area (Å²) in [6.45, 7) is 3.54. The molecule has 2 aliphatic carbocycles. The Balaban J connectivity index is 1.33. The van der Waals surface area contributed by atoms with Gasteiger partial charge in [-0.2, -0.15) is 5.01 Å². The van der Waals surface area contributed by atoms with Crippen LogP contribution < -0.4 is 19.8 Å². The third-order valence-corrected chi connectivity index (χ3v) is 12.1. The van der Waals surface area contributed by atoms with Crippen LogP contribution in [0.1, 0.15) is 35.4 Å². The number of amides is 4. The number of methoxy groups -OCH3 is 1. The van der Waals surface area contributed by atoms with Gasteiger partial charge >= 0.3 is 0 Å². The van der Waals surface area contributed by atoms with Gasteiger partial charge in [0.2, 0.25) is 11.8 Å². The second kappa shape index (κ2) is 14.3. The Kier molecular flexibility index (Phi) is 9.53. The molecule has 0 bridgehead atoms. The van der Waals surface area contributed by atoms with E-state index in [9.17, 15) is 14.7 Å². The number of nitrogens with zero attached hydrogens (tertiary/aromatic N) is 2. The molecule has 2 aliphatic heterocycles. The summed E-state index contributed by atoms with van der Waals surface area (Å²) in [5, 5.41) is 11.4. The smallest absolute Gasteiger partial charge is 0.260 e. The third-order valence-electron chi connectivity index (χ3n) is 11.5. The van der Waals surface area contributed by atoms with E-state index in [1.807, 2.05) is 18.2 Å². The SMILES string of the molecule is C=Cc1ccc(N2C(=O)C3CC=C4C(CC5C(=O)N(Nc6ccc(Cl)cc6Cl)C(=O)C5(c5ccc(OC)cc5)C4c4ccccc4OCCO)C3C2=O)cc1. The molecule has 2 heterocycles. The fourth-order valence-corrected chi connectivity index (χ4v) is 9.66. The molecule has 4 aromatic carbocycles. The number of halogens is 2. The molecule has 4 aliphatic rings. The Morgan fingerprint density at radius 1 is 0.927 bits per heavy atom. The van der Waals surface area contributed by atoms with Gasteiger partial charge in [0.1, 0.15) is 18.1 Å². The Morgan fingerprint density at radius 2 is 1.67 bits per heavy atom. The number of aliphatic hydroxyl groups excluding tert-OH is 1. The summed E-state index contributed by atoms with van der Waals surface area (Å²) < 4.78 is 11.6. The van der Waals surface area contributed by atoms with Gasteiger partial charge in [0.05, 0.1) is 53.3 Å². The van der Waals surface area contributed by atoms with Crippen molar-refractivity contribution in [3.05, 3.63) is 136 Å². The number of rotatable bonds is 10. The molecule has 4 amide bonds. The Labute approximate surface area is 327 Å². The number of aliphatic hydroxyl groups is 1. The monoisotopic (exact) mass is 777 g/mol. The summed E-state index contributed by atoms with van der Waals surface area (Å²) in [5.41, 5.74) is 4.99. The van der Waals surface area contributed by atoms with Crippen LogP contribution in [0, 0.1) is 23.7 Å². The molecule has 4 aromatic rings. The quantitative estimate of drug-likeness (QED) is 0.128. The molecule has 6 unspecified atom stereocenters. The first-order valence-corrected chi connectivity index (χ1v) is 18.8. The van der Waals surface area contributed by atoms with Crippen molar-refractivity contribution in [1.82, 2.24) is 5.01 Å².